The van der Waals surface area contributed by atoms with Gasteiger partial charge in [0, 0.05) is 39.4 Å². The van der Waals surface area contributed by atoms with Crippen molar-refractivity contribution in [3.05, 3.63) is 63.1 Å². The molecule has 0 aliphatic heterocycles. The van der Waals surface area contributed by atoms with Gasteiger partial charge in [-0.15, -0.1) is 0 Å². The number of hydrogen-bond donors (Lipinski definition) is 2. The number of hydrogen-bond acceptors (Lipinski definition) is 3. The van der Waals surface area contributed by atoms with Crippen LogP contribution in [0.15, 0.2) is 41.0 Å². The van der Waals surface area contributed by atoms with Crippen LogP contribution < -0.4 is 11.3 Å². The third-order valence-corrected chi connectivity index (χ3v) is 3.82. The van der Waals surface area contributed by atoms with Crippen LogP contribution in [0, 0.1) is 5.82 Å². The van der Waals surface area contributed by atoms with Gasteiger partial charge in [0.1, 0.15) is 5.82 Å². The zero-order valence-electron chi connectivity index (χ0n) is 10.6. The van der Waals surface area contributed by atoms with Gasteiger partial charge in [0.15, 0.2) is 0 Å². The Morgan fingerprint density at radius 2 is 2.10 bits per heavy atom. The van der Waals surface area contributed by atoms with Crippen LogP contribution in [0.2, 0.25) is 5.02 Å². The molecule has 1 heterocycles. The second kappa shape index (κ2) is 7.13. The summed E-state index contributed by atoms with van der Waals surface area (Å²) in [5.41, 5.74) is 4.04. The van der Waals surface area contributed by atoms with E-state index in [0.29, 0.717) is 23.4 Å². The maximum atomic E-state index is 13.8. The number of benzene rings is 1. The van der Waals surface area contributed by atoms with E-state index in [-0.39, 0.29) is 11.9 Å². The molecule has 1 atom stereocenters. The molecule has 0 bridgehead atoms. The summed E-state index contributed by atoms with van der Waals surface area (Å²) in [6.45, 7) is 0. The molecule has 3 N–H and O–H groups in total. The van der Waals surface area contributed by atoms with Crippen LogP contribution >= 0.6 is 27.5 Å². The molecular weight excluding hydrogens is 345 g/mol. The molecule has 0 aliphatic rings. The standard InChI is InChI=1S/C14H14BrClFN3/c15-9-4-5-10(19-8-9)6-11(20-18)7-12-13(16)2-1-3-14(12)17/h1-5,8,11,20H,6-7,18H2. The molecule has 0 aliphatic carbocycles. The number of nitrogens with zero attached hydrogens (tertiary/aromatic N) is 1. The molecule has 106 valence electrons. The lowest BCUT2D eigenvalue weighted by Crippen LogP contribution is -2.38. The highest BCUT2D eigenvalue weighted by atomic mass is 79.9. The third-order valence-electron chi connectivity index (χ3n) is 2.99. The Bertz CT molecular complexity index is 557. The second-order valence-corrected chi connectivity index (χ2v) is 5.76. The lowest BCUT2D eigenvalue weighted by molar-refractivity contribution is 0.502. The van der Waals surface area contributed by atoms with Gasteiger partial charge in [0.25, 0.3) is 0 Å². The summed E-state index contributed by atoms with van der Waals surface area (Å²) in [4.78, 5) is 4.28. The number of nitrogens with one attached hydrogen (secondary N) is 1. The van der Waals surface area contributed by atoms with Crippen molar-refractivity contribution in [3.63, 3.8) is 0 Å². The van der Waals surface area contributed by atoms with Crippen LogP contribution in [0.5, 0.6) is 0 Å². The Labute approximate surface area is 130 Å². The molecule has 1 unspecified atom stereocenters. The highest BCUT2D eigenvalue weighted by Gasteiger charge is 2.15. The van der Waals surface area contributed by atoms with Crippen molar-refractivity contribution in [2.75, 3.05) is 0 Å². The molecular formula is C14H14BrClFN3. The minimum atomic E-state index is -0.318. The molecule has 0 radical (unpaired) electrons. The van der Waals surface area contributed by atoms with Crippen molar-refractivity contribution in [2.45, 2.75) is 18.9 Å². The monoisotopic (exact) mass is 357 g/mol. The van der Waals surface area contributed by atoms with Gasteiger partial charge in [-0.25, -0.2) is 4.39 Å². The Morgan fingerprint density at radius 1 is 1.30 bits per heavy atom. The van der Waals surface area contributed by atoms with E-state index >= 15 is 0 Å². The van der Waals surface area contributed by atoms with Gasteiger partial charge < -0.3 is 0 Å². The predicted octanol–water partition coefficient (Wildman–Crippen LogP) is 3.25. The van der Waals surface area contributed by atoms with Crippen LogP contribution in [-0.4, -0.2) is 11.0 Å². The molecule has 0 spiro atoms. The summed E-state index contributed by atoms with van der Waals surface area (Å²) >= 11 is 9.36. The molecule has 3 nitrogen and oxygen atoms in total. The summed E-state index contributed by atoms with van der Waals surface area (Å²) in [6.07, 6.45) is 2.72. The number of pyridine rings is 1. The highest BCUT2D eigenvalue weighted by molar-refractivity contribution is 9.10. The van der Waals surface area contributed by atoms with E-state index in [1.807, 2.05) is 12.1 Å². The molecule has 0 saturated carbocycles. The molecule has 1 aromatic carbocycles. The molecule has 1 aromatic heterocycles. The quantitative estimate of drug-likeness (QED) is 0.637. The van der Waals surface area contributed by atoms with Crippen molar-refractivity contribution in [3.8, 4) is 0 Å². The van der Waals surface area contributed by atoms with Gasteiger partial charge in [0.05, 0.1) is 0 Å². The van der Waals surface area contributed by atoms with E-state index in [9.17, 15) is 4.39 Å². The van der Waals surface area contributed by atoms with Crippen LogP contribution in [0.4, 0.5) is 4.39 Å². The average molecular weight is 359 g/mol. The first-order valence-electron chi connectivity index (χ1n) is 6.09. The van der Waals surface area contributed by atoms with Crippen molar-refractivity contribution >= 4 is 27.5 Å². The van der Waals surface area contributed by atoms with Crippen molar-refractivity contribution in [1.82, 2.24) is 10.4 Å². The van der Waals surface area contributed by atoms with Gasteiger partial charge in [-0.3, -0.25) is 16.3 Å². The zero-order chi connectivity index (χ0) is 14.5. The fraction of sp³-hybridized carbons (Fsp3) is 0.214. The van der Waals surface area contributed by atoms with E-state index in [1.54, 1.807) is 18.3 Å². The van der Waals surface area contributed by atoms with E-state index in [2.05, 4.69) is 26.3 Å². The van der Waals surface area contributed by atoms with Gasteiger partial charge >= 0.3 is 0 Å². The number of halogens is 3. The maximum Gasteiger partial charge on any atom is 0.127 e. The van der Waals surface area contributed by atoms with E-state index < -0.39 is 0 Å². The van der Waals surface area contributed by atoms with Crippen LogP contribution in [0.1, 0.15) is 11.3 Å². The second-order valence-electron chi connectivity index (χ2n) is 4.44. The zero-order valence-corrected chi connectivity index (χ0v) is 13.0. The summed E-state index contributed by atoms with van der Waals surface area (Å²) in [6, 6.07) is 8.32. The Kier molecular flexibility index (Phi) is 5.48. The first kappa shape index (κ1) is 15.4. The van der Waals surface area contributed by atoms with Crippen LogP contribution in [0.3, 0.4) is 0 Å². The lowest BCUT2D eigenvalue weighted by Gasteiger charge is -2.16. The van der Waals surface area contributed by atoms with Gasteiger partial charge in [-0.2, -0.15) is 0 Å². The van der Waals surface area contributed by atoms with Crippen molar-refractivity contribution < 1.29 is 4.39 Å². The first-order valence-corrected chi connectivity index (χ1v) is 7.26. The predicted molar refractivity (Wildman–Crippen MR) is 81.9 cm³/mol. The molecule has 0 saturated heterocycles. The molecule has 0 amide bonds. The smallest absolute Gasteiger partial charge is 0.127 e. The largest absolute Gasteiger partial charge is 0.271 e. The molecule has 2 rings (SSSR count). The molecule has 0 fully saturated rings. The normalized spacial score (nSPS) is 12.4. The first-order chi connectivity index (χ1) is 9.60. The molecule has 20 heavy (non-hydrogen) atoms. The fourth-order valence-corrected chi connectivity index (χ4v) is 2.42. The summed E-state index contributed by atoms with van der Waals surface area (Å²) in [5, 5.41) is 0.411. The number of nitrogens with two attached hydrogens (primary N) is 1. The fourth-order valence-electron chi connectivity index (χ4n) is 1.94. The molecule has 2 aromatic rings. The summed E-state index contributed by atoms with van der Waals surface area (Å²) in [7, 11) is 0. The highest BCUT2D eigenvalue weighted by Crippen LogP contribution is 2.21. The topological polar surface area (TPSA) is 50.9 Å². The lowest BCUT2D eigenvalue weighted by atomic mass is 10.0. The minimum absolute atomic E-state index is 0.141. The Hall–Kier alpha value is -1.01. The van der Waals surface area contributed by atoms with E-state index in [1.165, 1.54) is 6.07 Å². The van der Waals surface area contributed by atoms with Gasteiger partial charge in [-0.05, 0) is 46.6 Å². The Balaban J connectivity index is 2.11. The number of hydrazine groups is 1. The van der Waals surface area contributed by atoms with Gasteiger partial charge in [-0.1, -0.05) is 17.7 Å². The summed E-state index contributed by atoms with van der Waals surface area (Å²) in [5.74, 6) is 5.23. The van der Waals surface area contributed by atoms with Crippen LogP contribution in [-0.2, 0) is 12.8 Å². The average Bonchev–Trinajstić information content (AvgIpc) is 2.44. The van der Waals surface area contributed by atoms with E-state index in [4.69, 9.17) is 17.4 Å². The maximum absolute atomic E-state index is 13.8. The van der Waals surface area contributed by atoms with Crippen molar-refractivity contribution in [2.24, 2.45) is 5.84 Å². The number of rotatable bonds is 5. The summed E-state index contributed by atoms with van der Waals surface area (Å²) < 4.78 is 14.7. The molecule has 6 heteroatoms. The van der Waals surface area contributed by atoms with E-state index in [0.717, 1.165) is 10.2 Å². The SMILES string of the molecule is NNC(Cc1ccc(Br)cn1)Cc1c(F)cccc1Cl. The number of aromatic nitrogens is 1. The van der Waals surface area contributed by atoms with Crippen molar-refractivity contribution in [1.29, 1.82) is 0 Å². The van der Waals surface area contributed by atoms with Crippen LogP contribution in [0.25, 0.3) is 0 Å². The Morgan fingerprint density at radius 3 is 2.70 bits per heavy atom. The van der Waals surface area contributed by atoms with Gasteiger partial charge in [0.2, 0.25) is 0 Å². The third kappa shape index (κ3) is 3.99. The minimum Gasteiger partial charge on any atom is -0.271 e.